The number of fused-ring (bicyclic) bond motifs is 9. The minimum absolute atomic E-state index is 0.153. The minimum atomic E-state index is 0.153. The zero-order valence-electron chi connectivity index (χ0n) is 32.4. The first-order valence-corrected chi connectivity index (χ1v) is 20.3. The highest BCUT2D eigenvalue weighted by Crippen LogP contribution is 2.43. The maximum Gasteiger partial charge on any atom is 0.167 e. The first-order valence-electron chi connectivity index (χ1n) is 20.3. The monoisotopic (exact) mass is 769 g/mol. The second-order valence-electron chi connectivity index (χ2n) is 15.6. The third-order valence-corrected chi connectivity index (χ3v) is 12.1. The third kappa shape index (κ3) is 5.49. The second-order valence-corrected chi connectivity index (χ2v) is 15.6. The van der Waals surface area contributed by atoms with Crippen molar-refractivity contribution in [2.45, 2.75) is 6.42 Å². The Hall–Kier alpha value is -7.95. The van der Waals surface area contributed by atoms with E-state index in [9.17, 15) is 4.79 Å². The summed E-state index contributed by atoms with van der Waals surface area (Å²) < 4.78 is 12.8. The Balaban J connectivity index is 0.963. The maximum absolute atomic E-state index is 13.5. The predicted octanol–water partition coefficient (Wildman–Crippen LogP) is 15.4. The number of nitrogens with zero attached hydrogens (tertiary/aromatic N) is 1. The van der Waals surface area contributed by atoms with Crippen LogP contribution < -0.4 is 4.90 Å². The van der Waals surface area contributed by atoms with E-state index in [1.807, 2.05) is 36.4 Å². The number of hydrogen-bond donors (Lipinski definition) is 0. The van der Waals surface area contributed by atoms with Gasteiger partial charge in [-0.2, -0.15) is 0 Å². The molecule has 2 heterocycles. The number of furan rings is 2. The van der Waals surface area contributed by atoms with E-state index in [4.69, 9.17) is 8.83 Å². The molecule has 0 bridgehead atoms. The lowest BCUT2D eigenvalue weighted by atomic mass is 9.83. The van der Waals surface area contributed by atoms with Crippen LogP contribution in [-0.4, -0.2) is 5.78 Å². The van der Waals surface area contributed by atoms with Gasteiger partial charge in [0, 0.05) is 61.7 Å². The Morgan fingerprint density at radius 2 is 0.850 bits per heavy atom. The molecule has 0 saturated carbocycles. The number of hydrogen-bond acceptors (Lipinski definition) is 4. The molecule has 0 N–H and O–H groups in total. The van der Waals surface area contributed by atoms with Gasteiger partial charge in [0.1, 0.15) is 22.3 Å². The molecule has 4 nitrogen and oxygen atoms in total. The summed E-state index contributed by atoms with van der Waals surface area (Å²) in [6.07, 6.45) is 0.419. The Morgan fingerprint density at radius 3 is 1.48 bits per heavy atom. The fraction of sp³-hybridized carbons (Fsp3) is 0.0179. The molecule has 2 aromatic heterocycles. The van der Waals surface area contributed by atoms with Gasteiger partial charge in [-0.25, -0.2) is 0 Å². The average molecular weight is 770 g/mol. The summed E-state index contributed by atoms with van der Waals surface area (Å²) >= 11 is 0. The number of anilines is 3. The van der Waals surface area contributed by atoms with Crippen molar-refractivity contribution in [3.63, 3.8) is 0 Å². The second kappa shape index (κ2) is 13.6. The fourth-order valence-electron chi connectivity index (χ4n) is 9.20. The summed E-state index contributed by atoms with van der Waals surface area (Å²) in [6, 6.07) is 69.7. The summed E-state index contributed by atoms with van der Waals surface area (Å²) in [5.74, 6) is 0.153. The van der Waals surface area contributed by atoms with Crippen molar-refractivity contribution in [1.29, 1.82) is 0 Å². The number of para-hydroxylation sites is 4. The summed E-state index contributed by atoms with van der Waals surface area (Å²) in [4.78, 5) is 15.7. The summed E-state index contributed by atoms with van der Waals surface area (Å²) in [5.41, 5.74) is 16.9. The third-order valence-electron chi connectivity index (χ3n) is 12.1. The summed E-state index contributed by atoms with van der Waals surface area (Å²) in [7, 11) is 0. The van der Waals surface area contributed by atoms with E-state index in [-0.39, 0.29) is 5.78 Å². The van der Waals surface area contributed by atoms with Gasteiger partial charge in [-0.1, -0.05) is 146 Å². The Bertz CT molecular complexity index is 3320. The number of ketones is 1. The zero-order chi connectivity index (χ0) is 39.7. The molecule has 0 amide bonds. The fourth-order valence-corrected chi connectivity index (χ4v) is 9.20. The zero-order valence-corrected chi connectivity index (χ0v) is 32.4. The van der Waals surface area contributed by atoms with Crippen molar-refractivity contribution < 1.29 is 13.6 Å². The van der Waals surface area contributed by atoms with Crippen LogP contribution in [0, 0.1) is 0 Å². The van der Waals surface area contributed by atoms with Gasteiger partial charge in [-0.3, -0.25) is 4.79 Å². The Kier molecular flexibility index (Phi) is 7.72. The number of benzene rings is 9. The Labute approximate surface area is 346 Å². The highest BCUT2D eigenvalue weighted by molar-refractivity contribution is 6.11. The first-order chi connectivity index (χ1) is 29.6. The molecular weight excluding hydrogens is 735 g/mol. The van der Waals surface area contributed by atoms with Crippen molar-refractivity contribution in [3.8, 4) is 44.5 Å². The normalized spacial score (nSPS) is 12.3. The van der Waals surface area contributed by atoms with Crippen LogP contribution in [0.15, 0.2) is 209 Å². The predicted molar refractivity (Wildman–Crippen MR) is 245 cm³/mol. The molecule has 1 aliphatic rings. The van der Waals surface area contributed by atoms with Crippen molar-refractivity contribution >= 4 is 66.7 Å². The van der Waals surface area contributed by atoms with E-state index in [1.165, 1.54) is 0 Å². The number of Topliss-reactive ketones (excluding diaryl/α,β-unsaturated/α-hetero) is 1. The van der Waals surface area contributed by atoms with E-state index in [1.54, 1.807) is 0 Å². The largest absolute Gasteiger partial charge is 0.455 e. The first kappa shape index (κ1) is 34.1. The molecule has 12 rings (SSSR count). The average Bonchev–Trinajstić information content (AvgIpc) is 3.89. The van der Waals surface area contributed by atoms with Crippen LogP contribution in [0.5, 0.6) is 0 Å². The van der Waals surface area contributed by atoms with Crippen molar-refractivity contribution in [1.82, 2.24) is 0 Å². The van der Waals surface area contributed by atoms with E-state index in [0.717, 1.165) is 117 Å². The van der Waals surface area contributed by atoms with Gasteiger partial charge in [-0.05, 0) is 93.5 Å². The van der Waals surface area contributed by atoms with Gasteiger partial charge in [0.15, 0.2) is 5.78 Å². The molecule has 0 fully saturated rings. The van der Waals surface area contributed by atoms with Crippen LogP contribution in [0.2, 0.25) is 0 Å². The Morgan fingerprint density at radius 1 is 0.350 bits per heavy atom. The van der Waals surface area contributed by atoms with E-state index in [0.29, 0.717) is 6.42 Å². The maximum atomic E-state index is 13.5. The molecule has 11 aromatic rings. The highest BCUT2D eigenvalue weighted by atomic mass is 16.3. The lowest BCUT2D eigenvalue weighted by molar-refractivity contribution is 0.0992. The molecule has 0 atom stereocenters. The van der Waals surface area contributed by atoms with Gasteiger partial charge in [0.05, 0.1) is 0 Å². The van der Waals surface area contributed by atoms with Crippen LogP contribution in [0.1, 0.15) is 15.9 Å². The number of carbonyl (C=O) groups is 1. The van der Waals surface area contributed by atoms with Crippen molar-refractivity contribution in [2.75, 3.05) is 4.90 Å². The highest BCUT2D eigenvalue weighted by Gasteiger charge is 2.23. The smallest absolute Gasteiger partial charge is 0.167 e. The standard InChI is InChI=1S/C56H35NO3/c58-52-34-39-10-1-2-13-43(39)46-31-26-38(33-51(46)52)37-11-7-12-42(32-37)57(40-27-22-35(23-28-40)44-16-8-18-49-47-14-3-5-20-53(47)59-55(44)49)41-29-24-36(25-30-41)45-17-9-19-50-48-15-4-6-21-54(48)60-56(45)50/h1-33H,34H2. The summed E-state index contributed by atoms with van der Waals surface area (Å²) in [6.45, 7) is 0. The van der Waals surface area contributed by atoms with Gasteiger partial charge < -0.3 is 13.7 Å². The molecule has 1 aliphatic carbocycles. The lowest BCUT2D eigenvalue weighted by Gasteiger charge is -2.26. The molecular formula is C56H35NO3. The molecule has 4 heteroatoms. The lowest BCUT2D eigenvalue weighted by Crippen LogP contribution is -2.12. The van der Waals surface area contributed by atoms with Gasteiger partial charge >= 0.3 is 0 Å². The van der Waals surface area contributed by atoms with Crippen LogP contribution >= 0.6 is 0 Å². The minimum Gasteiger partial charge on any atom is -0.455 e. The number of carbonyl (C=O) groups excluding carboxylic acids is 1. The molecule has 0 radical (unpaired) electrons. The molecule has 0 saturated heterocycles. The molecule has 0 spiro atoms. The van der Waals surface area contributed by atoms with Gasteiger partial charge in [0.25, 0.3) is 0 Å². The van der Waals surface area contributed by atoms with E-state index >= 15 is 0 Å². The van der Waals surface area contributed by atoms with Gasteiger partial charge in [0.2, 0.25) is 0 Å². The molecule has 60 heavy (non-hydrogen) atoms. The SMILES string of the molecule is O=C1Cc2ccccc2-c2ccc(-c3cccc(N(c4ccc(-c5cccc6c5oc5ccccc56)cc4)c4ccc(-c5cccc6c5oc5ccccc56)cc4)c3)cc21. The van der Waals surface area contributed by atoms with E-state index in [2.05, 4.69) is 169 Å². The molecule has 9 aromatic carbocycles. The van der Waals surface area contributed by atoms with E-state index < -0.39 is 0 Å². The molecule has 282 valence electrons. The molecule has 0 unspecified atom stereocenters. The van der Waals surface area contributed by atoms with Crippen LogP contribution in [-0.2, 0) is 6.42 Å². The molecule has 0 aliphatic heterocycles. The quantitative estimate of drug-likeness (QED) is 0.169. The van der Waals surface area contributed by atoms with Crippen LogP contribution in [0.3, 0.4) is 0 Å². The van der Waals surface area contributed by atoms with Crippen molar-refractivity contribution in [3.05, 3.63) is 211 Å². The van der Waals surface area contributed by atoms with Crippen molar-refractivity contribution in [2.24, 2.45) is 0 Å². The topological polar surface area (TPSA) is 46.6 Å². The van der Waals surface area contributed by atoms with Crippen LogP contribution in [0.4, 0.5) is 17.1 Å². The van der Waals surface area contributed by atoms with Gasteiger partial charge in [-0.15, -0.1) is 0 Å². The van der Waals surface area contributed by atoms with Crippen LogP contribution in [0.25, 0.3) is 88.4 Å². The summed E-state index contributed by atoms with van der Waals surface area (Å²) in [5, 5.41) is 4.45. The number of rotatable bonds is 6.